The van der Waals surface area contributed by atoms with Gasteiger partial charge in [-0.2, -0.15) is 5.26 Å². The number of hydrogen-bond donors (Lipinski definition) is 1. The molecular weight excluding hydrogens is 313 g/mol. The van der Waals surface area contributed by atoms with Crippen LogP contribution in [0.3, 0.4) is 0 Å². The van der Waals surface area contributed by atoms with Crippen LogP contribution in [0, 0.1) is 17.1 Å². The molecule has 1 heterocycles. The standard InChI is InChI=1S/C13H7BrFN3O/c14-12-6-8(4-5-17-12)13(19)18-11-3-1-2-10(15)9(11)7-16/h1-6H,(H,18,19). The Hall–Kier alpha value is -2.26. The molecule has 0 aliphatic carbocycles. The van der Waals surface area contributed by atoms with Crippen molar-refractivity contribution in [1.82, 2.24) is 4.98 Å². The van der Waals surface area contributed by atoms with Gasteiger partial charge in [-0.25, -0.2) is 9.37 Å². The monoisotopic (exact) mass is 319 g/mol. The minimum Gasteiger partial charge on any atom is -0.321 e. The molecule has 0 aliphatic rings. The smallest absolute Gasteiger partial charge is 0.255 e. The molecule has 6 heteroatoms. The number of halogens is 2. The topological polar surface area (TPSA) is 65.8 Å². The normalized spacial score (nSPS) is 9.74. The van der Waals surface area contributed by atoms with Gasteiger partial charge in [-0.1, -0.05) is 6.07 Å². The molecule has 1 amide bonds. The Morgan fingerprint density at radius 2 is 2.21 bits per heavy atom. The van der Waals surface area contributed by atoms with Crippen LogP contribution in [0.2, 0.25) is 0 Å². The Morgan fingerprint density at radius 3 is 2.89 bits per heavy atom. The van der Waals surface area contributed by atoms with E-state index in [4.69, 9.17) is 5.26 Å². The highest BCUT2D eigenvalue weighted by Gasteiger charge is 2.12. The van der Waals surface area contributed by atoms with E-state index in [1.165, 1.54) is 30.5 Å². The molecule has 0 unspecified atom stereocenters. The molecule has 0 atom stereocenters. The van der Waals surface area contributed by atoms with Gasteiger partial charge in [0.05, 0.1) is 5.69 Å². The Balaban J connectivity index is 2.30. The van der Waals surface area contributed by atoms with Gasteiger partial charge in [-0.3, -0.25) is 4.79 Å². The summed E-state index contributed by atoms with van der Waals surface area (Å²) >= 11 is 3.15. The lowest BCUT2D eigenvalue weighted by Crippen LogP contribution is -2.13. The van der Waals surface area contributed by atoms with Crippen LogP contribution >= 0.6 is 15.9 Å². The maximum Gasteiger partial charge on any atom is 0.255 e. The zero-order valence-electron chi connectivity index (χ0n) is 9.52. The van der Waals surface area contributed by atoms with Crippen molar-refractivity contribution in [2.75, 3.05) is 5.32 Å². The first-order valence-corrected chi connectivity index (χ1v) is 6.02. The molecule has 0 saturated carbocycles. The lowest BCUT2D eigenvalue weighted by Gasteiger charge is -2.07. The molecule has 2 rings (SSSR count). The molecule has 94 valence electrons. The van der Waals surface area contributed by atoms with Crippen molar-refractivity contribution in [2.45, 2.75) is 0 Å². The predicted octanol–water partition coefficient (Wildman–Crippen LogP) is 3.11. The van der Waals surface area contributed by atoms with Crippen molar-refractivity contribution in [2.24, 2.45) is 0 Å². The van der Waals surface area contributed by atoms with Gasteiger partial charge >= 0.3 is 0 Å². The third-order valence-corrected chi connectivity index (χ3v) is 2.80. The quantitative estimate of drug-likeness (QED) is 0.865. The minimum atomic E-state index is -0.670. The molecule has 0 spiro atoms. The maximum atomic E-state index is 13.4. The van der Waals surface area contributed by atoms with E-state index in [-0.39, 0.29) is 11.3 Å². The number of rotatable bonds is 2. The van der Waals surface area contributed by atoms with E-state index in [2.05, 4.69) is 26.2 Å². The molecule has 2 aromatic rings. The number of amides is 1. The van der Waals surface area contributed by atoms with Gasteiger partial charge in [0.2, 0.25) is 0 Å². The second-order valence-corrected chi connectivity index (χ2v) is 4.41. The summed E-state index contributed by atoms with van der Waals surface area (Å²) in [5.41, 5.74) is 0.305. The molecule has 0 saturated heterocycles. The van der Waals surface area contributed by atoms with Crippen LogP contribution < -0.4 is 5.32 Å². The van der Waals surface area contributed by atoms with Gasteiger partial charge < -0.3 is 5.32 Å². The average Bonchev–Trinajstić information content (AvgIpc) is 2.39. The lowest BCUT2D eigenvalue weighted by molar-refractivity contribution is 0.102. The van der Waals surface area contributed by atoms with E-state index in [1.54, 1.807) is 6.07 Å². The number of hydrogen-bond acceptors (Lipinski definition) is 3. The summed E-state index contributed by atoms with van der Waals surface area (Å²) in [6, 6.07) is 8.83. The van der Waals surface area contributed by atoms with E-state index in [0.29, 0.717) is 10.2 Å². The van der Waals surface area contributed by atoms with Gasteiger partial charge in [-0.05, 0) is 40.2 Å². The number of nitrogens with one attached hydrogen (secondary N) is 1. The van der Waals surface area contributed by atoms with Gasteiger partial charge in [0.1, 0.15) is 22.1 Å². The molecule has 0 bridgehead atoms. The first-order chi connectivity index (χ1) is 9.11. The van der Waals surface area contributed by atoms with Crippen LogP contribution in [-0.2, 0) is 0 Å². The van der Waals surface area contributed by atoms with Gasteiger partial charge in [0, 0.05) is 11.8 Å². The molecule has 0 aliphatic heterocycles. The van der Waals surface area contributed by atoms with Crippen molar-refractivity contribution in [3.8, 4) is 6.07 Å². The van der Waals surface area contributed by atoms with Gasteiger partial charge in [0.15, 0.2) is 0 Å². The number of benzene rings is 1. The number of carbonyl (C=O) groups is 1. The summed E-state index contributed by atoms with van der Waals surface area (Å²) < 4.78 is 13.9. The van der Waals surface area contributed by atoms with E-state index in [0.717, 1.165) is 6.07 Å². The molecule has 1 aromatic carbocycles. The van der Waals surface area contributed by atoms with Crippen LogP contribution in [0.1, 0.15) is 15.9 Å². The predicted molar refractivity (Wildman–Crippen MR) is 71.0 cm³/mol. The fourth-order valence-electron chi connectivity index (χ4n) is 1.48. The number of nitrogens with zero attached hydrogens (tertiary/aromatic N) is 2. The second-order valence-electron chi connectivity index (χ2n) is 3.60. The molecule has 1 aromatic heterocycles. The third-order valence-electron chi connectivity index (χ3n) is 2.36. The van der Waals surface area contributed by atoms with Crippen LogP contribution in [0.5, 0.6) is 0 Å². The summed E-state index contributed by atoms with van der Waals surface area (Å²) in [6.45, 7) is 0. The highest BCUT2D eigenvalue weighted by Crippen LogP contribution is 2.19. The van der Waals surface area contributed by atoms with Crippen molar-refractivity contribution in [3.63, 3.8) is 0 Å². The summed E-state index contributed by atoms with van der Waals surface area (Å²) in [5, 5.41) is 11.4. The van der Waals surface area contributed by atoms with E-state index >= 15 is 0 Å². The number of anilines is 1. The Morgan fingerprint density at radius 1 is 1.42 bits per heavy atom. The van der Waals surface area contributed by atoms with Crippen LogP contribution in [0.15, 0.2) is 41.1 Å². The number of carbonyl (C=O) groups excluding carboxylic acids is 1. The van der Waals surface area contributed by atoms with Crippen LogP contribution in [0.25, 0.3) is 0 Å². The van der Waals surface area contributed by atoms with E-state index < -0.39 is 11.7 Å². The summed E-state index contributed by atoms with van der Waals surface area (Å²) in [6.07, 6.45) is 1.47. The Bertz CT molecular complexity index is 682. The number of nitriles is 1. The van der Waals surface area contributed by atoms with E-state index in [9.17, 15) is 9.18 Å². The second kappa shape index (κ2) is 5.59. The zero-order chi connectivity index (χ0) is 13.8. The summed E-state index contributed by atoms with van der Waals surface area (Å²) in [5.74, 6) is -1.11. The largest absolute Gasteiger partial charge is 0.321 e. The molecule has 0 radical (unpaired) electrons. The fraction of sp³-hybridized carbons (Fsp3) is 0. The summed E-state index contributed by atoms with van der Waals surface area (Å²) in [4.78, 5) is 15.9. The third kappa shape index (κ3) is 2.95. The first kappa shape index (κ1) is 13.2. The highest BCUT2D eigenvalue weighted by molar-refractivity contribution is 9.10. The SMILES string of the molecule is N#Cc1c(F)cccc1NC(=O)c1ccnc(Br)c1. The number of pyridine rings is 1. The fourth-order valence-corrected chi connectivity index (χ4v) is 1.84. The highest BCUT2D eigenvalue weighted by atomic mass is 79.9. The van der Waals surface area contributed by atoms with Crippen LogP contribution in [-0.4, -0.2) is 10.9 Å². The van der Waals surface area contributed by atoms with Crippen molar-refractivity contribution < 1.29 is 9.18 Å². The summed E-state index contributed by atoms with van der Waals surface area (Å²) in [7, 11) is 0. The first-order valence-electron chi connectivity index (χ1n) is 5.23. The van der Waals surface area contributed by atoms with Gasteiger partial charge in [0.25, 0.3) is 5.91 Å². The van der Waals surface area contributed by atoms with Crippen molar-refractivity contribution in [3.05, 3.63) is 58.1 Å². The Kier molecular flexibility index (Phi) is 3.88. The van der Waals surface area contributed by atoms with Gasteiger partial charge in [-0.15, -0.1) is 0 Å². The molecular formula is C13H7BrFN3O. The zero-order valence-corrected chi connectivity index (χ0v) is 11.1. The molecule has 0 fully saturated rings. The molecule has 19 heavy (non-hydrogen) atoms. The average molecular weight is 320 g/mol. The maximum absolute atomic E-state index is 13.4. The lowest BCUT2D eigenvalue weighted by atomic mass is 10.1. The van der Waals surface area contributed by atoms with Crippen molar-refractivity contribution >= 4 is 27.5 Å². The van der Waals surface area contributed by atoms with E-state index in [1.807, 2.05) is 0 Å². The number of aromatic nitrogens is 1. The van der Waals surface area contributed by atoms with Crippen molar-refractivity contribution in [1.29, 1.82) is 5.26 Å². The molecule has 4 nitrogen and oxygen atoms in total. The van der Waals surface area contributed by atoms with Crippen LogP contribution in [0.4, 0.5) is 10.1 Å². The molecule has 1 N–H and O–H groups in total. The minimum absolute atomic E-state index is 0.139. The Labute approximate surface area is 117 Å².